The van der Waals surface area contributed by atoms with Crippen molar-refractivity contribution in [3.05, 3.63) is 84.2 Å². The molecule has 10 heteroatoms. The standard InChI is InChI=1S/C17H13N5O5/c1-10-2-4-14-11(6-10)7-12(17(23)19-14)9-18-20-15-5-3-13(21(24)25)8-16(15)22(26)27/h2-9,20H,1H3,(H,19,23)/b18-9+. The molecule has 0 amide bonds. The van der Waals surface area contributed by atoms with E-state index in [-0.39, 0.29) is 16.8 Å². The van der Waals surface area contributed by atoms with Crippen molar-refractivity contribution in [3.63, 3.8) is 0 Å². The van der Waals surface area contributed by atoms with Gasteiger partial charge in [-0.25, -0.2) is 0 Å². The van der Waals surface area contributed by atoms with Gasteiger partial charge in [0.1, 0.15) is 5.69 Å². The lowest BCUT2D eigenvalue weighted by Gasteiger charge is -2.03. The molecule has 3 rings (SSSR count). The molecular weight excluding hydrogens is 354 g/mol. The number of H-pyrrole nitrogens is 1. The monoisotopic (exact) mass is 367 g/mol. The minimum absolute atomic E-state index is 0.0325. The van der Waals surface area contributed by atoms with Crippen LogP contribution >= 0.6 is 0 Å². The zero-order chi connectivity index (χ0) is 19.6. The smallest absolute Gasteiger partial charge is 0.301 e. The highest BCUT2D eigenvalue weighted by atomic mass is 16.6. The number of aromatic nitrogens is 1. The van der Waals surface area contributed by atoms with Crippen LogP contribution in [-0.2, 0) is 0 Å². The Morgan fingerprint density at radius 1 is 1.07 bits per heavy atom. The first-order chi connectivity index (χ1) is 12.8. The van der Waals surface area contributed by atoms with Crippen LogP contribution in [0, 0.1) is 27.2 Å². The van der Waals surface area contributed by atoms with Crippen molar-refractivity contribution in [3.8, 4) is 0 Å². The zero-order valence-electron chi connectivity index (χ0n) is 14.0. The van der Waals surface area contributed by atoms with Crippen molar-refractivity contribution in [1.82, 2.24) is 4.98 Å². The van der Waals surface area contributed by atoms with Crippen LogP contribution in [0.3, 0.4) is 0 Å². The lowest BCUT2D eigenvalue weighted by molar-refractivity contribution is -0.393. The number of anilines is 1. The zero-order valence-corrected chi connectivity index (χ0v) is 14.0. The normalized spacial score (nSPS) is 11.0. The Bertz CT molecular complexity index is 1150. The molecule has 0 bridgehead atoms. The summed E-state index contributed by atoms with van der Waals surface area (Å²) in [4.78, 5) is 35.2. The van der Waals surface area contributed by atoms with Crippen LogP contribution in [0.25, 0.3) is 10.9 Å². The number of hydrazone groups is 1. The van der Waals surface area contributed by atoms with Crippen molar-refractivity contribution < 1.29 is 9.85 Å². The molecule has 2 aromatic carbocycles. The number of aryl methyl sites for hydroxylation is 1. The van der Waals surface area contributed by atoms with Gasteiger partial charge in [0, 0.05) is 11.6 Å². The van der Waals surface area contributed by atoms with E-state index in [2.05, 4.69) is 15.5 Å². The predicted molar refractivity (Wildman–Crippen MR) is 100 cm³/mol. The van der Waals surface area contributed by atoms with Crippen molar-refractivity contribution in [2.75, 3.05) is 5.43 Å². The SMILES string of the molecule is Cc1ccc2[nH]c(=O)c(/C=N/Nc3ccc([N+](=O)[O-])cc3[N+](=O)[O-])cc2c1. The van der Waals surface area contributed by atoms with E-state index in [1.807, 2.05) is 19.1 Å². The molecule has 3 aromatic rings. The van der Waals surface area contributed by atoms with Gasteiger partial charge in [0.25, 0.3) is 11.2 Å². The largest absolute Gasteiger partial charge is 0.321 e. The number of pyridine rings is 1. The molecule has 0 radical (unpaired) electrons. The van der Waals surface area contributed by atoms with E-state index in [0.29, 0.717) is 5.52 Å². The van der Waals surface area contributed by atoms with Gasteiger partial charge in [-0.05, 0) is 36.6 Å². The summed E-state index contributed by atoms with van der Waals surface area (Å²) in [5.41, 5.74) is 3.11. The average Bonchev–Trinajstić information content (AvgIpc) is 2.62. The first kappa shape index (κ1) is 17.7. The van der Waals surface area contributed by atoms with Crippen LogP contribution < -0.4 is 11.0 Å². The molecule has 0 aliphatic carbocycles. The third kappa shape index (κ3) is 3.79. The fraction of sp³-hybridized carbons (Fsp3) is 0.0588. The number of nitrogens with zero attached hydrogens (tertiary/aromatic N) is 3. The first-order valence-electron chi connectivity index (χ1n) is 7.71. The molecule has 10 nitrogen and oxygen atoms in total. The van der Waals surface area contributed by atoms with Crippen molar-refractivity contribution >= 4 is 34.2 Å². The van der Waals surface area contributed by atoms with Crippen LogP contribution in [0.5, 0.6) is 0 Å². The van der Waals surface area contributed by atoms with Gasteiger partial charge >= 0.3 is 5.69 Å². The number of nitrogens with one attached hydrogen (secondary N) is 2. The number of hydrogen-bond donors (Lipinski definition) is 2. The minimum atomic E-state index is -0.754. The average molecular weight is 367 g/mol. The number of non-ortho nitro benzene ring substituents is 1. The summed E-state index contributed by atoms with van der Waals surface area (Å²) in [6.07, 6.45) is 1.23. The molecule has 0 saturated carbocycles. The number of hydrogen-bond acceptors (Lipinski definition) is 7. The third-order valence-corrected chi connectivity index (χ3v) is 3.81. The maximum absolute atomic E-state index is 12.1. The van der Waals surface area contributed by atoms with Crippen LogP contribution in [0.15, 0.2) is 52.4 Å². The number of rotatable bonds is 5. The van der Waals surface area contributed by atoms with Crippen molar-refractivity contribution in [2.24, 2.45) is 5.10 Å². The molecule has 1 aromatic heterocycles. The molecule has 0 spiro atoms. The van der Waals surface area contributed by atoms with Crippen LogP contribution in [-0.4, -0.2) is 21.0 Å². The fourth-order valence-corrected chi connectivity index (χ4v) is 2.49. The second-order valence-electron chi connectivity index (χ2n) is 5.73. The Balaban J connectivity index is 1.90. The Morgan fingerprint density at radius 3 is 2.56 bits per heavy atom. The molecular formula is C17H13N5O5. The molecule has 27 heavy (non-hydrogen) atoms. The Morgan fingerprint density at radius 2 is 1.85 bits per heavy atom. The quantitative estimate of drug-likeness (QED) is 0.403. The van der Waals surface area contributed by atoms with E-state index in [1.165, 1.54) is 12.3 Å². The summed E-state index contributed by atoms with van der Waals surface area (Å²) >= 11 is 0. The number of aromatic amines is 1. The first-order valence-corrected chi connectivity index (χ1v) is 7.71. The van der Waals surface area contributed by atoms with E-state index in [9.17, 15) is 25.0 Å². The van der Waals surface area contributed by atoms with Gasteiger partial charge in [-0.3, -0.25) is 30.4 Å². The summed E-state index contributed by atoms with van der Waals surface area (Å²) in [6.45, 7) is 1.92. The van der Waals surface area contributed by atoms with Gasteiger partial charge in [0.2, 0.25) is 0 Å². The van der Waals surface area contributed by atoms with Crippen LogP contribution in [0.4, 0.5) is 17.1 Å². The maximum Gasteiger partial charge on any atom is 0.301 e. The van der Waals surface area contributed by atoms with E-state index in [0.717, 1.165) is 23.1 Å². The highest BCUT2D eigenvalue weighted by Gasteiger charge is 2.19. The second-order valence-corrected chi connectivity index (χ2v) is 5.73. The molecule has 0 saturated heterocycles. The summed E-state index contributed by atoms with van der Waals surface area (Å²) in [6, 6.07) is 10.4. The maximum atomic E-state index is 12.1. The molecule has 2 N–H and O–H groups in total. The summed E-state index contributed by atoms with van der Waals surface area (Å²) in [5.74, 6) is 0. The Labute approximate surface area is 151 Å². The highest BCUT2D eigenvalue weighted by molar-refractivity contribution is 5.88. The minimum Gasteiger partial charge on any atom is -0.321 e. The van der Waals surface area contributed by atoms with Crippen LogP contribution in [0.1, 0.15) is 11.1 Å². The van der Waals surface area contributed by atoms with Crippen molar-refractivity contribution in [1.29, 1.82) is 0 Å². The second kappa shape index (κ2) is 7.04. The van der Waals surface area contributed by atoms with Gasteiger partial charge in [-0.15, -0.1) is 0 Å². The predicted octanol–water partition coefficient (Wildman–Crippen LogP) is 3.10. The molecule has 136 valence electrons. The Hall–Kier alpha value is -4.08. The summed E-state index contributed by atoms with van der Waals surface area (Å²) < 4.78 is 0. The fourth-order valence-electron chi connectivity index (χ4n) is 2.49. The van der Waals surface area contributed by atoms with E-state index >= 15 is 0 Å². The van der Waals surface area contributed by atoms with Gasteiger partial charge in [-0.2, -0.15) is 5.10 Å². The van der Waals surface area contributed by atoms with Crippen LogP contribution in [0.2, 0.25) is 0 Å². The van der Waals surface area contributed by atoms with Gasteiger partial charge < -0.3 is 4.98 Å². The third-order valence-electron chi connectivity index (χ3n) is 3.81. The van der Waals surface area contributed by atoms with Gasteiger partial charge in [0.15, 0.2) is 0 Å². The molecule has 0 fully saturated rings. The van der Waals surface area contributed by atoms with Gasteiger partial charge in [0.05, 0.1) is 27.7 Å². The molecule has 0 atom stereocenters. The number of nitro groups is 2. The molecule has 0 aliphatic rings. The topological polar surface area (TPSA) is 144 Å². The molecule has 1 heterocycles. The lowest BCUT2D eigenvalue weighted by Crippen LogP contribution is -2.12. The molecule has 0 unspecified atom stereocenters. The molecule has 0 aliphatic heterocycles. The lowest BCUT2D eigenvalue weighted by atomic mass is 10.1. The Kier molecular flexibility index (Phi) is 4.62. The number of fused-ring (bicyclic) bond motifs is 1. The van der Waals surface area contributed by atoms with Crippen molar-refractivity contribution in [2.45, 2.75) is 6.92 Å². The summed E-state index contributed by atoms with van der Waals surface area (Å²) in [5, 5.41) is 26.5. The summed E-state index contributed by atoms with van der Waals surface area (Å²) in [7, 11) is 0. The number of benzene rings is 2. The van der Waals surface area contributed by atoms with E-state index in [1.54, 1.807) is 12.1 Å². The number of nitro benzene ring substituents is 2. The van der Waals surface area contributed by atoms with E-state index in [4.69, 9.17) is 0 Å². The highest BCUT2D eigenvalue weighted by Crippen LogP contribution is 2.28. The van der Waals surface area contributed by atoms with Gasteiger partial charge in [-0.1, -0.05) is 11.6 Å². The van der Waals surface area contributed by atoms with E-state index < -0.39 is 21.2 Å².